The Kier molecular flexibility index (Phi) is 4.97. The summed E-state index contributed by atoms with van der Waals surface area (Å²) in [5.74, 6) is 0.00107. The van der Waals surface area contributed by atoms with Crippen LogP contribution in [0, 0.1) is 23.7 Å². The number of carboxylic acids is 1. The Morgan fingerprint density at radius 2 is 1.87 bits per heavy atom. The van der Waals surface area contributed by atoms with Gasteiger partial charge in [0.2, 0.25) is 5.79 Å². The van der Waals surface area contributed by atoms with Crippen LogP contribution in [-0.4, -0.2) is 34.9 Å². The van der Waals surface area contributed by atoms with Crippen molar-refractivity contribution in [2.75, 3.05) is 0 Å². The van der Waals surface area contributed by atoms with Gasteiger partial charge in [-0.05, 0) is 74.5 Å². The third-order valence-electron chi connectivity index (χ3n) is 8.21. The number of hydrogen-bond acceptors (Lipinski definition) is 5. The Balaban J connectivity index is 1.37. The molecule has 0 aromatic heterocycles. The normalized spacial score (nSPS) is 44.9. The minimum atomic E-state index is -0.895. The highest BCUT2D eigenvalue weighted by Crippen LogP contribution is 2.60. The monoisotopic (exact) mass is 416 g/mol. The molecule has 4 aliphatic heterocycles. The molecule has 4 saturated heterocycles. The molecule has 8 atom stereocenters. The van der Waals surface area contributed by atoms with E-state index in [-0.39, 0.29) is 6.10 Å². The molecule has 1 spiro atoms. The molecule has 6 rings (SSSR count). The maximum Gasteiger partial charge on any atom is 0.335 e. The molecule has 0 radical (unpaired) electrons. The maximum absolute atomic E-state index is 11.1. The summed E-state index contributed by atoms with van der Waals surface area (Å²) in [5.41, 5.74) is 0.937. The average Bonchev–Trinajstić information content (AvgIpc) is 2.96. The summed E-state index contributed by atoms with van der Waals surface area (Å²) in [4.78, 5) is 23.2. The Morgan fingerprint density at radius 3 is 2.60 bits per heavy atom. The second kappa shape index (κ2) is 7.30. The van der Waals surface area contributed by atoms with E-state index in [4.69, 9.17) is 24.4 Å². The van der Waals surface area contributed by atoms with Crippen LogP contribution in [0.5, 0.6) is 0 Å². The van der Waals surface area contributed by atoms with Crippen molar-refractivity contribution in [2.45, 2.75) is 83.1 Å². The molecule has 1 saturated carbocycles. The van der Waals surface area contributed by atoms with Gasteiger partial charge in [0.05, 0.1) is 11.7 Å². The molecule has 0 amide bonds. The van der Waals surface area contributed by atoms with Crippen molar-refractivity contribution in [1.29, 1.82) is 0 Å². The number of aromatic carboxylic acids is 1. The molecule has 1 aromatic carbocycles. The van der Waals surface area contributed by atoms with Crippen LogP contribution in [0.2, 0.25) is 0 Å². The van der Waals surface area contributed by atoms with Gasteiger partial charge in [-0.15, -0.1) is 0 Å². The largest absolute Gasteiger partial charge is 0.478 e. The maximum atomic E-state index is 11.1. The van der Waals surface area contributed by atoms with Crippen molar-refractivity contribution in [2.24, 2.45) is 23.7 Å². The third kappa shape index (κ3) is 3.11. The van der Waals surface area contributed by atoms with Gasteiger partial charge in [0, 0.05) is 12.3 Å². The molecule has 164 valence electrons. The van der Waals surface area contributed by atoms with Crippen LogP contribution in [-0.2, 0) is 25.7 Å². The zero-order valence-corrected chi connectivity index (χ0v) is 18.0. The van der Waals surface area contributed by atoms with Crippen molar-refractivity contribution in [3.8, 4) is 0 Å². The van der Waals surface area contributed by atoms with Crippen LogP contribution in [0.3, 0.4) is 0 Å². The van der Waals surface area contributed by atoms with E-state index < -0.39 is 23.6 Å². The highest BCUT2D eigenvalue weighted by molar-refractivity contribution is 5.87. The predicted octanol–water partition coefficient (Wildman–Crippen LogP) is 4.57. The number of carboxylic acid groups (broad SMARTS) is 1. The van der Waals surface area contributed by atoms with Gasteiger partial charge < -0.3 is 14.6 Å². The number of aryl methyl sites for hydroxylation is 1. The fourth-order valence-corrected chi connectivity index (χ4v) is 6.43. The Morgan fingerprint density at radius 1 is 1.10 bits per heavy atom. The van der Waals surface area contributed by atoms with Gasteiger partial charge >= 0.3 is 5.97 Å². The number of benzene rings is 1. The van der Waals surface area contributed by atoms with Crippen molar-refractivity contribution in [1.82, 2.24) is 0 Å². The summed E-state index contributed by atoms with van der Waals surface area (Å²) in [6.07, 6.45) is 5.57. The van der Waals surface area contributed by atoms with Gasteiger partial charge in [-0.3, -0.25) is 0 Å². The second-order valence-corrected chi connectivity index (χ2v) is 9.98. The smallest absolute Gasteiger partial charge is 0.335 e. The van der Waals surface area contributed by atoms with Gasteiger partial charge in [0.1, 0.15) is 0 Å². The van der Waals surface area contributed by atoms with Gasteiger partial charge in [-0.2, -0.15) is 0 Å². The zero-order chi connectivity index (χ0) is 21.1. The van der Waals surface area contributed by atoms with E-state index in [1.54, 1.807) is 12.1 Å². The standard InChI is InChI=1S/C24H32O6/c1-14-4-10-19-15(2)20(11-7-16-5-8-17(9-6-16)21(25)26)27-22-24(19)18(14)12-13-23(3,28-22)29-30-24/h5-6,8-9,14-15,18-20,22H,4,7,10-13H2,1-3H3,(H,25,26)/t14-,15-,18+,19+,20-,22-,23-,24-/m1/s1. The van der Waals surface area contributed by atoms with E-state index in [0.717, 1.165) is 37.7 Å². The first-order valence-electron chi connectivity index (χ1n) is 11.3. The summed E-state index contributed by atoms with van der Waals surface area (Å²) >= 11 is 0. The van der Waals surface area contributed by atoms with Crippen molar-refractivity contribution in [3.63, 3.8) is 0 Å². The quantitative estimate of drug-likeness (QED) is 0.725. The lowest BCUT2D eigenvalue weighted by molar-refractivity contribution is -0.571. The molecule has 6 heteroatoms. The number of carbonyl (C=O) groups is 1. The van der Waals surface area contributed by atoms with E-state index in [9.17, 15) is 4.79 Å². The number of hydrogen-bond donors (Lipinski definition) is 1. The molecule has 2 bridgehead atoms. The molecule has 0 unspecified atom stereocenters. The summed E-state index contributed by atoms with van der Waals surface area (Å²) in [6, 6.07) is 7.15. The SMILES string of the molecule is C[C@H]1[C@@H](CCc2ccc(C(=O)O)cc2)O[C@@H]2O[C@@]3(C)CC[C@H]4[C@H](C)CC[C@@H]1[C@@]24OO3. The third-order valence-corrected chi connectivity index (χ3v) is 8.21. The topological polar surface area (TPSA) is 74.2 Å². The lowest BCUT2D eigenvalue weighted by atomic mass is 9.57. The summed E-state index contributed by atoms with van der Waals surface area (Å²) in [6.45, 7) is 6.56. The van der Waals surface area contributed by atoms with Crippen LogP contribution in [0.25, 0.3) is 0 Å². The van der Waals surface area contributed by atoms with Gasteiger partial charge in [0.15, 0.2) is 11.9 Å². The molecule has 5 aliphatic rings. The molecular formula is C24H32O6. The van der Waals surface area contributed by atoms with Crippen molar-refractivity contribution < 1.29 is 29.1 Å². The van der Waals surface area contributed by atoms with E-state index in [2.05, 4.69) is 13.8 Å². The number of ether oxygens (including phenoxy) is 2. The average molecular weight is 417 g/mol. The molecule has 5 fully saturated rings. The van der Waals surface area contributed by atoms with Crippen LogP contribution in [0.15, 0.2) is 24.3 Å². The molecule has 30 heavy (non-hydrogen) atoms. The highest BCUT2D eigenvalue weighted by Gasteiger charge is 2.69. The first kappa shape index (κ1) is 20.4. The van der Waals surface area contributed by atoms with Crippen molar-refractivity contribution in [3.05, 3.63) is 35.4 Å². The predicted molar refractivity (Wildman–Crippen MR) is 109 cm³/mol. The molecular weight excluding hydrogens is 384 g/mol. The summed E-state index contributed by atoms with van der Waals surface area (Å²) in [5, 5.41) is 9.10. The summed E-state index contributed by atoms with van der Waals surface area (Å²) in [7, 11) is 0. The first-order valence-corrected chi connectivity index (χ1v) is 11.3. The highest BCUT2D eigenvalue weighted by atomic mass is 17.3. The van der Waals surface area contributed by atoms with E-state index in [0.29, 0.717) is 29.2 Å². The minimum Gasteiger partial charge on any atom is -0.478 e. The summed E-state index contributed by atoms with van der Waals surface area (Å²) < 4.78 is 13.0. The lowest BCUT2D eigenvalue weighted by Crippen LogP contribution is -2.70. The fourth-order valence-electron chi connectivity index (χ4n) is 6.43. The lowest BCUT2D eigenvalue weighted by Gasteiger charge is -2.60. The second-order valence-electron chi connectivity index (χ2n) is 9.98. The molecule has 1 aromatic rings. The van der Waals surface area contributed by atoms with E-state index in [1.807, 2.05) is 19.1 Å². The van der Waals surface area contributed by atoms with E-state index >= 15 is 0 Å². The Bertz CT molecular complexity index is 808. The van der Waals surface area contributed by atoms with Gasteiger partial charge in [-0.25, -0.2) is 14.6 Å². The Hall–Kier alpha value is -1.47. The molecule has 1 N–H and O–H groups in total. The van der Waals surface area contributed by atoms with Gasteiger partial charge in [-0.1, -0.05) is 26.0 Å². The van der Waals surface area contributed by atoms with Crippen LogP contribution >= 0.6 is 0 Å². The fraction of sp³-hybridized carbons (Fsp3) is 0.708. The molecule has 6 nitrogen and oxygen atoms in total. The van der Waals surface area contributed by atoms with Gasteiger partial charge in [0.25, 0.3) is 0 Å². The molecule has 1 aliphatic carbocycles. The first-order chi connectivity index (χ1) is 14.3. The van der Waals surface area contributed by atoms with Crippen molar-refractivity contribution >= 4 is 5.97 Å². The van der Waals surface area contributed by atoms with Crippen LogP contribution in [0.1, 0.15) is 68.8 Å². The number of rotatable bonds is 4. The van der Waals surface area contributed by atoms with Crippen LogP contribution < -0.4 is 0 Å². The number of fused-ring (bicyclic) bond motifs is 2. The Labute approximate surface area is 177 Å². The van der Waals surface area contributed by atoms with Crippen LogP contribution in [0.4, 0.5) is 0 Å². The molecule has 4 heterocycles. The van der Waals surface area contributed by atoms with E-state index in [1.165, 1.54) is 6.42 Å². The minimum absolute atomic E-state index is 0.0744. The zero-order valence-electron chi connectivity index (χ0n) is 18.0.